The first-order valence-electron chi connectivity index (χ1n) is 6.11. The number of benzene rings is 2. The highest BCUT2D eigenvalue weighted by molar-refractivity contribution is 6.30. The summed E-state index contributed by atoms with van der Waals surface area (Å²) < 4.78 is 0. The van der Waals surface area contributed by atoms with Crippen LogP contribution in [0.2, 0.25) is 5.02 Å². The number of carbonyl (C=O) groups excluding carboxylic acids is 2. The SMILES string of the molecule is CN(C)C(=O)c1ccccc1C(=O)c1ccc(Cl)cc1. The summed E-state index contributed by atoms with van der Waals surface area (Å²) in [5.41, 5.74) is 1.30. The van der Waals surface area contributed by atoms with Crippen molar-refractivity contribution in [3.8, 4) is 0 Å². The van der Waals surface area contributed by atoms with Gasteiger partial charge in [-0.25, -0.2) is 0 Å². The molecule has 0 N–H and O–H groups in total. The molecule has 2 aromatic carbocycles. The van der Waals surface area contributed by atoms with Crippen molar-refractivity contribution in [2.24, 2.45) is 0 Å². The van der Waals surface area contributed by atoms with E-state index in [9.17, 15) is 9.59 Å². The van der Waals surface area contributed by atoms with Crippen molar-refractivity contribution in [1.82, 2.24) is 4.90 Å². The summed E-state index contributed by atoms with van der Waals surface area (Å²) >= 11 is 5.81. The van der Waals surface area contributed by atoms with Crippen LogP contribution >= 0.6 is 11.6 Å². The van der Waals surface area contributed by atoms with E-state index in [1.165, 1.54) is 4.90 Å². The normalized spacial score (nSPS) is 10.2. The fourth-order valence-electron chi connectivity index (χ4n) is 1.87. The Morgan fingerprint density at radius 1 is 0.900 bits per heavy atom. The summed E-state index contributed by atoms with van der Waals surface area (Å²) in [6.45, 7) is 0. The smallest absolute Gasteiger partial charge is 0.254 e. The van der Waals surface area contributed by atoms with E-state index in [2.05, 4.69) is 0 Å². The van der Waals surface area contributed by atoms with Gasteiger partial charge in [0, 0.05) is 30.2 Å². The standard InChI is InChI=1S/C16H14ClNO2/c1-18(2)16(20)14-6-4-3-5-13(14)15(19)11-7-9-12(17)10-8-11/h3-10H,1-2H3. The van der Waals surface area contributed by atoms with E-state index in [-0.39, 0.29) is 11.7 Å². The molecular weight excluding hydrogens is 274 g/mol. The largest absolute Gasteiger partial charge is 0.345 e. The second kappa shape index (κ2) is 5.88. The van der Waals surface area contributed by atoms with Gasteiger partial charge in [0.15, 0.2) is 5.78 Å². The molecule has 0 aliphatic heterocycles. The highest BCUT2D eigenvalue weighted by Gasteiger charge is 2.18. The molecule has 3 nitrogen and oxygen atoms in total. The Hall–Kier alpha value is -2.13. The van der Waals surface area contributed by atoms with Gasteiger partial charge in [-0.05, 0) is 30.3 Å². The highest BCUT2D eigenvalue weighted by atomic mass is 35.5. The lowest BCUT2D eigenvalue weighted by atomic mass is 9.98. The number of ketones is 1. The summed E-state index contributed by atoms with van der Waals surface area (Å²) in [6.07, 6.45) is 0. The maximum atomic E-state index is 12.5. The van der Waals surface area contributed by atoms with Crippen molar-refractivity contribution in [1.29, 1.82) is 0 Å². The number of carbonyl (C=O) groups is 2. The van der Waals surface area contributed by atoms with Gasteiger partial charge < -0.3 is 4.90 Å². The summed E-state index contributed by atoms with van der Waals surface area (Å²) in [4.78, 5) is 26.1. The Labute approximate surface area is 122 Å². The van der Waals surface area contributed by atoms with Gasteiger partial charge in [0.05, 0.1) is 5.56 Å². The molecule has 0 aromatic heterocycles. The molecule has 0 saturated carbocycles. The van der Waals surface area contributed by atoms with Gasteiger partial charge in [-0.15, -0.1) is 0 Å². The molecule has 0 saturated heterocycles. The number of halogens is 1. The minimum absolute atomic E-state index is 0.188. The van der Waals surface area contributed by atoms with Crippen LogP contribution in [0.3, 0.4) is 0 Å². The summed E-state index contributed by atoms with van der Waals surface area (Å²) in [5, 5.41) is 0.569. The summed E-state index contributed by atoms with van der Waals surface area (Å²) in [7, 11) is 3.32. The number of rotatable bonds is 3. The van der Waals surface area contributed by atoms with Crippen LogP contribution in [0.1, 0.15) is 26.3 Å². The van der Waals surface area contributed by atoms with E-state index in [4.69, 9.17) is 11.6 Å². The van der Waals surface area contributed by atoms with Crippen molar-refractivity contribution < 1.29 is 9.59 Å². The lowest BCUT2D eigenvalue weighted by molar-refractivity contribution is 0.0822. The minimum atomic E-state index is -0.192. The number of amides is 1. The van der Waals surface area contributed by atoms with E-state index in [1.54, 1.807) is 62.6 Å². The maximum Gasteiger partial charge on any atom is 0.254 e. The molecular formula is C16H14ClNO2. The zero-order valence-electron chi connectivity index (χ0n) is 11.3. The molecule has 4 heteroatoms. The Morgan fingerprint density at radius 2 is 1.45 bits per heavy atom. The fraction of sp³-hybridized carbons (Fsp3) is 0.125. The van der Waals surface area contributed by atoms with E-state index < -0.39 is 0 Å². The quantitative estimate of drug-likeness (QED) is 0.813. The fourth-order valence-corrected chi connectivity index (χ4v) is 1.99. The molecule has 0 spiro atoms. The Balaban J connectivity index is 2.45. The Morgan fingerprint density at radius 3 is 2.00 bits per heavy atom. The first-order chi connectivity index (χ1) is 9.50. The zero-order valence-corrected chi connectivity index (χ0v) is 12.0. The van der Waals surface area contributed by atoms with Gasteiger partial charge in [0.2, 0.25) is 0 Å². The molecule has 0 heterocycles. The molecule has 1 amide bonds. The third kappa shape index (κ3) is 2.89. The van der Waals surface area contributed by atoms with Gasteiger partial charge in [-0.2, -0.15) is 0 Å². The molecule has 0 aliphatic carbocycles. The highest BCUT2D eigenvalue weighted by Crippen LogP contribution is 2.17. The van der Waals surface area contributed by atoms with E-state index >= 15 is 0 Å². The van der Waals surface area contributed by atoms with E-state index in [0.717, 1.165) is 0 Å². The van der Waals surface area contributed by atoms with Gasteiger partial charge in [-0.3, -0.25) is 9.59 Å². The third-order valence-corrected chi connectivity index (χ3v) is 3.17. The molecule has 20 heavy (non-hydrogen) atoms. The second-order valence-corrected chi connectivity index (χ2v) is 5.02. The van der Waals surface area contributed by atoms with Crippen LogP contribution in [0.15, 0.2) is 48.5 Å². The Bertz CT molecular complexity index is 648. The van der Waals surface area contributed by atoms with Crippen LogP contribution < -0.4 is 0 Å². The third-order valence-electron chi connectivity index (χ3n) is 2.91. The van der Waals surface area contributed by atoms with Crippen LogP contribution in [-0.4, -0.2) is 30.7 Å². The van der Waals surface area contributed by atoms with Crippen molar-refractivity contribution in [2.45, 2.75) is 0 Å². The van der Waals surface area contributed by atoms with Crippen molar-refractivity contribution in [3.05, 3.63) is 70.2 Å². The lowest BCUT2D eigenvalue weighted by Gasteiger charge is -2.13. The summed E-state index contributed by atoms with van der Waals surface area (Å²) in [6, 6.07) is 13.4. The number of hydrogen-bond acceptors (Lipinski definition) is 2. The van der Waals surface area contributed by atoms with Gasteiger partial charge >= 0.3 is 0 Å². The van der Waals surface area contributed by atoms with Gasteiger partial charge in [0.25, 0.3) is 5.91 Å². The number of nitrogens with zero attached hydrogens (tertiary/aromatic N) is 1. The van der Waals surface area contributed by atoms with Crippen molar-refractivity contribution in [2.75, 3.05) is 14.1 Å². The second-order valence-electron chi connectivity index (χ2n) is 4.58. The molecule has 0 unspecified atom stereocenters. The zero-order chi connectivity index (χ0) is 14.7. The maximum absolute atomic E-state index is 12.5. The molecule has 0 bridgehead atoms. The molecule has 0 radical (unpaired) electrons. The van der Waals surface area contributed by atoms with Gasteiger partial charge in [0.1, 0.15) is 0 Å². The van der Waals surface area contributed by atoms with E-state index in [1.807, 2.05) is 0 Å². The molecule has 0 fully saturated rings. The van der Waals surface area contributed by atoms with Crippen molar-refractivity contribution >= 4 is 23.3 Å². The molecule has 2 rings (SSSR count). The van der Waals surface area contributed by atoms with Crippen LogP contribution in [-0.2, 0) is 0 Å². The van der Waals surface area contributed by atoms with Crippen LogP contribution in [0, 0.1) is 0 Å². The predicted octanol–water partition coefficient (Wildman–Crippen LogP) is 3.27. The minimum Gasteiger partial charge on any atom is -0.345 e. The lowest BCUT2D eigenvalue weighted by Crippen LogP contribution is -2.24. The molecule has 0 atom stereocenters. The monoisotopic (exact) mass is 287 g/mol. The topological polar surface area (TPSA) is 37.4 Å². The van der Waals surface area contributed by atoms with Crippen LogP contribution in [0.4, 0.5) is 0 Å². The van der Waals surface area contributed by atoms with Crippen molar-refractivity contribution in [3.63, 3.8) is 0 Å². The molecule has 102 valence electrons. The average Bonchev–Trinajstić information content (AvgIpc) is 2.46. The molecule has 2 aromatic rings. The van der Waals surface area contributed by atoms with E-state index in [0.29, 0.717) is 21.7 Å². The molecule has 0 aliphatic rings. The average molecular weight is 288 g/mol. The van der Waals surface area contributed by atoms with Crippen LogP contribution in [0.25, 0.3) is 0 Å². The van der Waals surface area contributed by atoms with Crippen LogP contribution in [0.5, 0.6) is 0 Å². The Kier molecular flexibility index (Phi) is 4.20. The first kappa shape index (κ1) is 14.3. The predicted molar refractivity (Wildman–Crippen MR) is 79.3 cm³/mol. The van der Waals surface area contributed by atoms with Gasteiger partial charge in [-0.1, -0.05) is 29.8 Å². The first-order valence-corrected chi connectivity index (χ1v) is 6.49. The number of hydrogen-bond donors (Lipinski definition) is 0. The summed E-state index contributed by atoms with van der Waals surface area (Å²) in [5.74, 6) is -0.379.